The Balaban J connectivity index is 2.12. The van der Waals surface area contributed by atoms with E-state index in [0.29, 0.717) is 12.1 Å². The molecule has 0 aliphatic rings. The number of rotatable bonds is 4. The van der Waals surface area contributed by atoms with E-state index in [1.54, 1.807) is 24.5 Å². The van der Waals surface area contributed by atoms with Gasteiger partial charge in [0.15, 0.2) is 0 Å². The smallest absolute Gasteiger partial charge is 0.339 e. The third kappa shape index (κ3) is 2.63. The molecule has 2 rings (SSSR count). The number of imidazole rings is 1. The van der Waals surface area contributed by atoms with Gasteiger partial charge in [-0.1, -0.05) is 12.1 Å². The molecule has 0 amide bonds. The average molecular weight is 231 g/mol. The number of aromatic nitrogens is 2. The summed E-state index contributed by atoms with van der Waals surface area (Å²) in [6.07, 6.45) is 3.44. The summed E-state index contributed by atoms with van der Waals surface area (Å²) in [6.45, 7) is 0.529. The summed E-state index contributed by atoms with van der Waals surface area (Å²) >= 11 is 0. The summed E-state index contributed by atoms with van der Waals surface area (Å²) in [5.74, 6) is 0.456. The van der Waals surface area contributed by atoms with Crippen LogP contribution in [0.4, 0.5) is 5.69 Å². The molecule has 0 atom stereocenters. The van der Waals surface area contributed by atoms with Crippen LogP contribution in [-0.4, -0.2) is 23.0 Å². The van der Waals surface area contributed by atoms with Crippen LogP contribution in [-0.2, 0) is 11.3 Å². The predicted molar refractivity (Wildman–Crippen MR) is 63.7 cm³/mol. The average Bonchev–Trinajstić information content (AvgIpc) is 2.89. The number of para-hydroxylation sites is 1. The number of nitrogens with zero attached hydrogens (tertiary/aromatic N) is 1. The number of esters is 1. The first-order valence-electron chi connectivity index (χ1n) is 5.20. The highest BCUT2D eigenvalue weighted by atomic mass is 16.5. The number of benzene rings is 1. The Hall–Kier alpha value is -2.30. The molecule has 0 bridgehead atoms. The number of hydrogen-bond donors (Lipinski definition) is 2. The first-order chi connectivity index (χ1) is 8.31. The fourth-order valence-corrected chi connectivity index (χ4v) is 1.50. The molecule has 2 N–H and O–H groups in total. The maximum absolute atomic E-state index is 11.5. The second-order valence-corrected chi connectivity index (χ2v) is 3.43. The topological polar surface area (TPSA) is 67.0 Å². The van der Waals surface area contributed by atoms with Gasteiger partial charge in [0.1, 0.15) is 5.82 Å². The maximum atomic E-state index is 11.5. The van der Waals surface area contributed by atoms with Crippen LogP contribution in [0.25, 0.3) is 0 Å². The minimum atomic E-state index is -0.354. The Morgan fingerprint density at radius 2 is 2.29 bits per heavy atom. The molecular weight excluding hydrogens is 218 g/mol. The number of hydrogen-bond acceptors (Lipinski definition) is 4. The lowest BCUT2D eigenvalue weighted by molar-refractivity contribution is 0.0602. The van der Waals surface area contributed by atoms with Crippen molar-refractivity contribution in [3.05, 3.63) is 48.0 Å². The third-order valence-corrected chi connectivity index (χ3v) is 2.33. The number of anilines is 1. The number of H-pyrrole nitrogens is 1. The summed E-state index contributed by atoms with van der Waals surface area (Å²) in [5, 5.41) is 3.14. The summed E-state index contributed by atoms with van der Waals surface area (Å²) in [7, 11) is 1.37. The van der Waals surface area contributed by atoms with E-state index < -0.39 is 0 Å². The molecule has 17 heavy (non-hydrogen) atoms. The quantitative estimate of drug-likeness (QED) is 0.787. The van der Waals surface area contributed by atoms with Crippen molar-refractivity contribution in [3.63, 3.8) is 0 Å². The molecule has 0 saturated carbocycles. The van der Waals surface area contributed by atoms with Crippen LogP contribution in [0.2, 0.25) is 0 Å². The Morgan fingerprint density at radius 1 is 1.47 bits per heavy atom. The molecule has 0 radical (unpaired) electrons. The number of ether oxygens (including phenoxy) is 1. The van der Waals surface area contributed by atoms with E-state index in [-0.39, 0.29) is 5.97 Å². The summed E-state index contributed by atoms with van der Waals surface area (Å²) in [4.78, 5) is 18.6. The Labute approximate surface area is 98.8 Å². The molecule has 1 aromatic heterocycles. The lowest BCUT2D eigenvalue weighted by Crippen LogP contribution is -2.08. The van der Waals surface area contributed by atoms with Crippen molar-refractivity contribution < 1.29 is 9.53 Å². The molecule has 5 nitrogen and oxygen atoms in total. The largest absolute Gasteiger partial charge is 0.465 e. The molecule has 1 aromatic carbocycles. The SMILES string of the molecule is COC(=O)c1ccccc1NCc1ncc[nH]1. The van der Waals surface area contributed by atoms with Crippen molar-refractivity contribution in [2.24, 2.45) is 0 Å². The van der Waals surface area contributed by atoms with Crippen LogP contribution in [0.1, 0.15) is 16.2 Å². The number of carbonyl (C=O) groups is 1. The molecule has 2 aromatic rings. The van der Waals surface area contributed by atoms with E-state index in [9.17, 15) is 4.79 Å². The number of methoxy groups -OCH3 is 1. The highest BCUT2D eigenvalue weighted by Crippen LogP contribution is 2.16. The molecule has 0 fully saturated rings. The fourth-order valence-electron chi connectivity index (χ4n) is 1.50. The normalized spacial score (nSPS) is 9.94. The first kappa shape index (κ1) is 11.2. The van der Waals surface area contributed by atoms with Crippen LogP contribution in [0.3, 0.4) is 0 Å². The third-order valence-electron chi connectivity index (χ3n) is 2.33. The van der Waals surface area contributed by atoms with Gasteiger partial charge in [-0.25, -0.2) is 9.78 Å². The Bertz CT molecular complexity index is 494. The molecule has 88 valence electrons. The van der Waals surface area contributed by atoms with Crippen molar-refractivity contribution in [2.75, 3.05) is 12.4 Å². The van der Waals surface area contributed by atoms with Crippen molar-refractivity contribution in [3.8, 4) is 0 Å². The summed E-state index contributed by atoms with van der Waals surface area (Å²) in [5.41, 5.74) is 1.25. The van der Waals surface area contributed by atoms with Gasteiger partial charge in [0.05, 0.1) is 19.2 Å². The lowest BCUT2D eigenvalue weighted by Gasteiger charge is -2.09. The van der Waals surface area contributed by atoms with Gasteiger partial charge in [0.25, 0.3) is 0 Å². The van der Waals surface area contributed by atoms with Crippen LogP contribution in [0.5, 0.6) is 0 Å². The maximum Gasteiger partial charge on any atom is 0.339 e. The highest BCUT2D eigenvalue weighted by molar-refractivity contribution is 5.95. The zero-order valence-electron chi connectivity index (χ0n) is 9.43. The van der Waals surface area contributed by atoms with E-state index in [2.05, 4.69) is 15.3 Å². The number of carbonyl (C=O) groups excluding carboxylic acids is 1. The zero-order valence-corrected chi connectivity index (χ0v) is 9.43. The van der Waals surface area contributed by atoms with Crippen molar-refractivity contribution in [2.45, 2.75) is 6.54 Å². The first-order valence-corrected chi connectivity index (χ1v) is 5.20. The van der Waals surface area contributed by atoms with Gasteiger partial charge < -0.3 is 15.0 Å². The molecule has 0 spiro atoms. The van der Waals surface area contributed by atoms with Crippen LogP contribution < -0.4 is 5.32 Å². The monoisotopic (exact) mass is 231 g/mol. The van der Waals surface area contributed by atoms with Crippen molar-refractivity contribution in [1.29, 1.82) is 0 Å². The second-order valence-electron chi connectivity index (χ2n) is 3.43. The van der Waals surface area contributed by atoms with E-state index >= 15 is 0 Å². The predicted octanol–water partition coefficient (Wildman–Crippen LogP) is 1.81. The molecule has 0 aliphatic heterocycles. The van der Waals surface area contributed by atoms with Crippen LogP contribution in [0.15, 0.2) is 36.7 Å². The van der Waals surface area contributed by atoms with Gasteiger partial charge in [-0.15, -0.1) is 0 Å². The fraction of sp³-hybridized carbons (Fsp3) is 0.167. The molecule has 5 heteroatoms. The van der Waals surface area contributed by atoms with Gasteiger partial charge in [-0.2, -0.15) is 0 Å². The number of nitrogens with one attached hydrogen (secondary N) is 2. The van der Waals surface area contributed by atoms with E-state index in [1.165, 1.54) is 7.11 Å². The second kappa shape index (κ2) is 5.16. The summed E-state index contributed by atoms with van der Waals surface area (Å²) < 4.78 is 4.71. The van der Waals surface area contributed by atoms with Gasteiger partial charge in [0, 0.05) is 18.1 Å². The van der Waals surface area contributed by atoms with Gasteiger partial charge in [-0.05, 0) is 12.1 Å². The Morgan fingerprint density at radius 3 is 3.00 bits per heavy atom. The van der Waals surface area contributed by atoms with E-state index in [4.69, 9.17) is 4.74 Å². The molecule has 0 aliphatic carbocycles. The minimum Gasteiger partial charge on any atom is -0.465 e. The molecule has 0 unspecified atom stereocenters. The van der Waals surface area contributed by atoms with Crippen LogP contribution in [0, 0.1) is 0 Å². The van der Waals surface area contributed by atoms with Crippen molar-refractivity contribution in [1.82, 2.24) is 9.97 Å². The zero-order chi connectivity index (χ0) is 12.1. The number of aromatic amines is 1. The molecule has 1 heterocycles. The Kier molecular flexibility index (Phi) is 3.40. The van der Waals surface area contributed by atoms with Crippen molar-refractivity contribution >= 4 is 11.7 Å². The van der Waals surface area contributed by atoms with Gasteiger partial charge >= 0.3 is 5.97 Å². The van der Waals surface area contributed by atoms with Crippen LogP contribution >= 0.6 is 0 Å². The lowest BCUT2D eigenvalue weighted by atomic mass is 10.2. The van der Waals surface area contributed by atoms with E-state index in [0.717, 1.165) is 11.5 Å². The molecule has 0 saturated heterocycles. The standard InChI is InChI=1S/C12H13N3O2/c1-17-12(16)9-4-2-3-5-10(9)15-8-11-13-6-7-14-11/h2-7,15H,8H2,1H3,(H,13,14). The highest BCUT2D eigenvalue weighted by Gasteiger charge is 2.10. The molecular formula is C12H13N3O2. The van der Waals surface area contributed by atoms with E-state index in [1.807, 2.05) is 12.1 Å². The summed E-state index contributed by atoms with van der Waals surface area (Å²) in [6, 6.07) is 7.20. The van der Waals surface area contributed by atoms with Gasteiger partial charge in [-0.3, -0.25) is 0 Å². The minimum absolute atomic E-state index is 0.354. The van der Waals surface area contributed by atoms with Gasteiger partial charge in [0.2, 0.25) is 0 Å².